The van der Waals surface area contributed by atoms with Gasteiger partial charge in [0.05, 0.1) is 14.2 Å². The summed E-state index contributed by atoms with van der Waals surface area (Å²) in [6.07, 6.45) is 0. The van der Waals surface area contributed by atoms with Crippen molar-refractivity contribution in [3.8, 4) is 11.5 Å². The van der Waals surface area contributed by atoms with Crippen molar-refractivity contribution in [1.82, 2.24) is 9.97 Å². The van der Waals surface area contributed by atoms with Gasteiger partial charge in [0.25, 0.3) is 0 Å². The molecule has 100 valence electrons. The molecule has 0 amide bonds. The summed E-state index contributed by atoms with van der Waals surface area (Å²) >= 11 is 7.25. The standard InChI is InChI=1S/C12H12ClN3O2S/c1-17-8-4-3-7(5-9(8)18-2)19-11-6-10(13)15-12(14)16-11/h3-6H,1-2H3,(H2,14,15,16). The fourth-order valence-electron chi connectivity index (χ4n) is 1.47. The fourth-order valence-corrected chi connectivity index (χ4v) is 2.57. The zero-order valence-electron chi connectivity index (χ0n) is 10.4. The third-order valence-electron chi connectivity index (χ3n) is 2.27. The van der Waals surface area contributed by atoms with Crippen LogP contribution in [0.2, 0.25) is 5.15 Å². The number of nitrogen functional groups attached to an aromatic ring is 1. The number of anilines is 1. The van der Waals surface area contributed by atoms with Crippen LogP contribution in [-0.4, -0.2) is 24.2 Å². The maximum atomic E-state index is 5.83. The molecule has 0 saturated heterocycles. The molecule has 19 heavy (non-hydrogen) atoms. The van der Waals surface area contributed by atoms with Gasteiger partial charge in [-0.15, -0.1) is 0 Å². The molecule has 2 rings (SSSR count). The molecule has 0 aliphatic heterocycles. The molecule has 0 atom stereocenters. The van der Waals surface area contributed by atoms with Crippen molar-refractivity contribution in [2.24, 2.45) is 0 Å². The van der Waals surface area contributed by atoms with Crippen molar-refractivity contribution in [3.05, 3.63) is 29.4 Å². The minimum absolute atomic E-state index is 0.149. The molecule has 0 aliphatic rings. The Labute approximate surface area is 120 Å². The lowest BCUT2D eigenvalue weighted by Crippen LogP contribution is -1.95. The highest BCUT2D eigenvalue weighted by atomic mass is 35.5. The number of nitrogens with two attached hydrogens (primary N) is 1. The van der Waals surface area contributed by atoms with Gasteiger partial charge in [0.1, 0.15) is 10.2 Å². The average molecular weight is 298 g/mol. The number of methoxy groups -OCH3 is 2. The smallest absolute Gasteiger partial charge is 0.222 e. The van der Waals surface area contributed by atoms with E-state index >= 15 is 0 Å². The van der Waals surface area contributed by atoms with Crippen molar-refractivity contribution in [2.45, 2.75) is 9.92 Å². The van der Waals surface area contributed by atoms with Crippen LogP contribution in [0.25, 0.3) is 0 Å². The van der Waals surface area contributed by atoms with Crippen LogP contribution in [0.4, 0.5) is 5.95 Å². The van der Waals surface area contributed by atoms with Gasteiger partial charge in [-0.1, -0.05) is 23.4 Å². The number of nitrogens with zero attached hydrogens (tertiary/aromatic N) is 2. The van der Waals surface area contributed by atoms with Crippen molar-refractivity contribution in [2.75, 3.05) is 20.0 Å². The summed E-state index contributed by atoms with van der Waals surface area (Å²) < 4.78 is 10.4. The molecule has 0 radical (unpaired) electrons. The van der Waals surface area contributed by atoms with E-state index in [1.54, 1.807) is 20.3 Å². The number of aromatic nitrogens is 2. The third-order valence-corrected chi connectivity index (χ3v) is 3.37. The summed E-state index contributed by atoms with van der Waals surface area (Å²) in [4.78, 5) is 8.85. The van der Waals surface area contributed by atoms with Gasteiger partial charge in [-0.2, -0.15) is 0 Å². The highest BCUT2D eigenvalue weighted by molar-refractivity contribution is 7.99. The van der Waals surface area contributed by atoms with Crippen LogP contribution >= 0.6 is 23.4 Å². The van der Waals surface area contributed by atoms with Gasteiger partial charge in [0, 0.05) is 11.0 Å². The van der Waals surface area contributed by atoms with E-state index < -0.39 is 0 Å². The lowest BCUT2D eigenvalue weighted by atomic mass is 10.3. The molecule has 2 aromatic rings. The zero-order chi connectivity index (χ0) is 13.8. The minimum Gasteiger partial charge on any atom is -0.493 e. The van der Waals surface area contributed by atoms with E-state index in [-0.39, 0.29) is 5.95 Å². The Bertz CT molecular complexity index is 575. The molecule has 2 N–H and O–H groups in total. The lowest BCUT2D eigenvalue weighted by Gasteiger charge is -2.09. The molecule has 0 bridgehead atoms. The molecule has 0 spiro atoms. The molecule has 0 fully saturated rings. The second-order valence-electron chi connectivity index (χ2n) is 3.51. The number of hydrogen-bond donors (Lipinski definition) is 1. The number of rotatable bonds is 4. The van der Waals surface area contributed by atoms with Crippen LogP contribution in [0.1, 0.15) is 0 Å². The average Bonchev–Trinajstić information content (AvgIpc) is 2.37. The first-order valence-corrected chi connectivity index (χ1v) is 6.51. The van der Waals surface area contributed by atoms with E-state index in [9.17, 15) is 0 Å². The Morgan fingerprint density at radius 3 is 2.47 bits per heavy atom. The zero-order valence-corrected chi connectivity index (χ0v) is 12.0. The molecule has 1 aromatic heterocycles. The highest BCUT2D eigenvalue weighted by Crippen LogP contribution is 2.35. The number of halogens is 1. The molecule has 7 heteroatoms. The Morgan fingerprint density at radius 1 is 1.11 bits per heavy atom. The van der Waals surface area contributed by atoms with Gasteiger partial charge in [-0.3, -0.25) is 0 Å². The van der Waals surface area contributed by atoms with E-state index in [4.69, 9.17) is 26.8 Å². The first-order chi connectivity index (χ1) is 9.12. The second kappa shape index (κ2) is 5.99. The van der Waals surface area contributed by atoms with Gasteiger partial charge in [-0.05, 0) is 18.2 Å². The molecule has 1 aromatic carbocycles. The van der Waals surface area contributed by atoms with Crippen LogP contribution in [0.15, 0.2) is 34.2 Å². The quantitative estimate of drug-likeness (QED) is 0.875. The molecular weight excluding hydrogens is 286 g/mol. The molecule has 0 aliphatic carbocycles. The molecular formula is C12H12ClN3O2S. The Morgan fingerprint density at radius 2 is 1.84 bits per heavy atom. The summed E-state index contributed by atoms with van der Waals surface area (Å²) in [5.41, 5.74) is 5.55. The summed E-state index contributed by atoms with van der Waals surface area (Å²) in [5, 5.41) is 0.986. The van der Waals surface area contributed by atoms with E-state index in [0.29, 0.717) is 21.7 Å². The summed E-state index contributed by atoms with van der Waals surface area (Å²) in [5.74, 6) is 1.48. The van der Waals surface area contributed by atoms with E-state index in [1.165, 1.54) is 11.8 Å². The molecule has 0 unspecified atom stereocenters. The van der Waals surface area contributed by atoms with Crippen LogP contribution in [0, 0.1) is 0 Å². The largest absolute Gasteiger partial charge is 0.493 e. The first-order valence-electron chi connectivity index (χ1n) is 5.32. The Hall–Kier alpha value is -1.66. The number of hydrogen-bond acceptors (Lipinski definition) is 6. The fraction of sp³-hybridized carbons (Fsp3) is 0.167. The van der Waals surface area contributed by atoms with E-state index in [2.05, 4.69) is 9.97 Å². The van der Waals surface area contributed by atoms with Gasteiger partial charge in [0.2, 0.25) is 5.95 Å². The Balaban J connectivity index is 2.28. The normalized spacial score (nSPS) is 10.3. The lowest BCUT2D eigenvalue weighted by molar-refractivity contribution is 0.354. The van der Waals surface area contributed by atoms with Crippen LogP contribution < -0.4 is 15.2 Å². The summed E-state index contributed by atoms with van der Waals surface area (Å²) in [6, 6.07) is 7.24. The second-order valence-corrected chi connectivity index (χ2v) is 4.99. The van der Waals surface area contributed by atoms with Gasteiger partial charge in [0.15, 0.2) is 11.5 Å². The minimum atomic E-state index is 0.149. The topological polar surface area (TPSA) is 70.3 Å². The Kier molecular flexibility index (Phi) is 4.34. The van der Waals surface area contributed by atoms with Crippen molar-refractivity contribution in [1.29, 1.82) is 0 Å². The third kappa shape index (κ3) is 3.42. The maximum Gasteiger partial charge on any atom is 0.222 e. The van der Waals surface area contributed by atoms with Crippen molar-refractivity contribution < 1.29 is 9.47 Å². The predicted octanol–water partition coefficient (Wildman–Crippen LogP) is 2.88. The summed E-state index contributed by atoms with van der Waals surface area (Å²) in [7, 11) is 3.18. The predicted molar refractivity (Wildman–Crippen MR) is 75.1 cm³/mol. The van der Waals surface area contributed by atoms with Crippen molar-refractivity contribution >= 4 is 29.3 Å². The van der Waals surface area contributed by atoms with Crippen LogP contribution in [0.3, 0.4) is 0 Å². The van der Waals surface area contributed by atoms with E-state index in [1.807, 2.05) is 18.2 Å². The summed E-state index contributed by atoms with van der Waals surface area (Å²) in [6.45, 7) is 0. The molecule has 1 heterocycles. The van der Waals surface area contributed by atoms with Gasteiger partial charge >= 0.3 is 0 Å². The highest BCUT2D eigenvalue weighted by Gasteiger charge is 2.07. The van der Waals surface area contributed by atoms with Gasteiger partial charge < -0.3 is 15.2 Å². The molecule has 5 nitrogen and oxygen atoms in total. The van der Waals surface area contributed by atoms with Crippen LogP contribution in [-0.2, 0) is 0 Å². The number of benzene rings is 1. The maximum absolute atomic E-state index is 5.83. The number of ether oxygens (including phenoxy) is 2. The molecule has 0 saturated carbocycles. The van der Waals surface area contributed by atoms with Gasteiger partial charge in [-0.25, -0.2) is 9.97 Å². The van der Waals surface area contributed by atoms with Crippen LogP contribution in [0.5, 0.6) is 11.5 Å². The SMILES string of the molecule is COc1ccc(Sc2cc(Cl)nc(N)n2)cc1OC. The van der Waals surface area contributed by atoms with Crippen molar-refractivity contribution in [3.63, 3.8) is 0 Å². The monoisotopic (exact) mass is 297 g/mol. The first kappa shape index (κ1) is 13.8. The van der Waals surface area contributed by atoms with E-state index in [0.717, 1.165) is 4.90 Å².